The highest BCUT2D eigenvalue weighted by atomic mass is 32.1. The van der Waals surface area contributed by atoms with E-state index in [1.165, 1.54) is 12.1 Å². The number of carbonyl (C=O) groups is 1. The SMILES string of the molecule is CCCCN(CCC)c1nc(CN(C(=O)c2cccnc2)c2ccc(F)cc2)cs1. The van der Waals surface area contributed by atoms with E-state index in [0.717, 1.165) is 43.2 Å². The van der Waals surface area contributed by atoms with Gasteiger partial charge in [0.25, 0.3) is 5.91 Å². The maximum absolute atomic E-state index is 13.4. The number of aromatic nitrogens is 2. The van der Waals surface area contributed by atoms with E-state index >= 15 is 0 Å². The predicted octanol–water partition coefficient (Wildman–Crippen LogP) is 5.54. The number of benzene rings is 1. The Hall–Kier alpha value is -2.80. The molecule has 0 bridgehead atoms. The molecule has 2 heterocycles. The number of carbonyl (C=O) groups excluding carboxylic acids is 1. The number of pyridine rings is 1. The minimum atomic E-state index is -0.338. The van der Waals surface area contributed by atoms with E-state index in [1.54, 1.807) is 52.9 Å². The van der Waals surface area contributed by atoms with E-state index in [2.05, 4.69) is 23.7 Å². The molecule has 0 spiro atoms. The fourth-order valence-corrected chi connectivity index (χ4v) is 4.01. The zero-order chi connectivity index (χ0) is 21.3. The number of nitrogens with zero attached hydrogens (tertiary/aromatic N) is 4. The highest BCUT2D eigenvalue weighted by Gasteiger charge is 2.20. The van der Waals surface area contributed by atoms with Gasteiger partial charge in [-0.2, -0.15) is 0 Å². The first-order valence-electron chi connectivity index (χ1n) is 10.3. The van der Waals surface area contributed by atoms with Crippen LogP contribution in [0.1, 0.15) is 49.2 Å². The van der Waals surface area contributed by atoms with Gasteiger partial charge in [0.15, 0.2) is 5.13 Å². The van der Waals surface area contributed by atoms with Gasteiger partial charge in [0, 0.05) is 36.6 Å². The van der Waals surface area contributed by atoms with E-state index in [0.29, 0.717) is 17.8 Å². The summed E-state index contributed by atoms with van der Waals surface area (Å²) in [5.41, 5.74) is 1.92. The summed E-state index contributed by atoms with van der Waals surface area (Å²) in [6.45, 7) is 6.60. The van der Waals surface area contributed by atoms with Gasteiger partial charge >= 0.3 is 0 Å². The number of halogens is 1. The van der Waals surface area contributed by atoms with Gasteiger partial charge in [-0.3, -0.25) is 9.78 Å². The lowest BCUT2D eigenvalue weighted by Gasteiger charge is -2.23. The summed E-state index contributed by atoms with van der Waals surface area (Å²) in [6, 6.07) is 9.40. The average molecular weight is 427 g/mol. The Labute approximate surface area is 181 Å². The molecule has 0 aliphatic rings. The fraction of sp³-hybridized carbons (Fsp3) is 0.348. The zero-order valence-electron chi connectivity index (χ0n) is 17.4. The third-order valence-electron chi connectivity index (χ3n) is 4.70. The molecule has 0 radical (unpaired) electrons. The second-order valence-corrected chi connectivity index (χ2v) is 7.91. The van der Waals surface area contributed by atoms with Gasteiger partial charge in [0.05, 0.1) is 17.8 Å². The third-order valence-corrected chi connectivity index (χ3v) is 5.65. The van der Waals surface area contributed by atoms with Crippen molar-refractivity contribution in [2.24, 2.45) is 0 Å². The van der Waals surface area contributed by atoms with Gasteiger partial charge in [-0.1, -0.05) is 20.3 Å². The van der Waals surface area contributed by atoms with Crippen molar-refractivity contribution in [2.75, 3.05) is 22.9 Å². The van der Waals surface area contributed by atoms with Crippen LogP contribution in [0.5, 0.6) is 0 Å². The molecule has 5 nitrogen and oxygen atoms in total. The van der Waals surface area contributed by atoms with Crippen LogP contribution in [0, 0.1) is 5.82 Å². The van der Waals surface area contributed by atoms with Crippen LogP contribution in [0.15, 0.2) is 54.2 Å². The Kier molecular flexibility index (Phi) is 7.90. The van der Waals surface area contributed by atoms with Gasteiger partial charge < -0.3 is 9.80 Å². The van der Waals surface area contributed by atoms with Crippen LogP contribution in [-0.4, -0.2) is 29.0 Å². The molecule has 3 rings (SSSR count). The molecule has 30 heavy (non-hydrogen) atoms. The number of amides is 1. The molecule has 0 N–H and O–H groups in total. The van der Waals surface area contributed by atoms with Crippen molar-refractivity contribution in [3.8, 4) is 0 Å². The molecule has 0 aliphatic carbocycles. The van der Waals surface area contributed by atoms with Crippen molar-refractivity contribution in [2.45, 2.75) is 39.7 Å². The standard InChI is InChI=1S/C23H27FN4OS/c1-3-5-14-27(13-4-2)23-26-20(17-30-23)16-28(21-10-8-19(24)9-11-21)22(29)18-7-6-12-25-15-18/h6-12,15,17H,3-5,13-14,16H2,1-2H3. The normalized spacial score (nSPS) is 10.8. The molecule has 1 aromatic carbocycles. The van der Waals surface area contributed by atoms with Gasteiger partial charge in [0.1, 0.15) is 5.82 Å². The highest BCUT2D eigenvalue weighted by molar-refractivity contribution is 7.13. The van der Waals surface area contributed by atoms with E-state index in [4.69, 9.17) is 4.98 Å². The molecule has 7 heteroatoms. The number of anilines is 2. The van der Waals surface area contributed by atoms with Gasteiger partial charge in [-0.25, -0.2) is 9.37 Å². The quantitative estimate of drug-likeness (QED) is 0.427. The van der Waals surface area contributed by atoms with E-state index in [9.17, 15) is 9.18 Å². The van der Waals surface area contributed by atoms with Crippen LogP contribution >= 0.6 is 11.3 Å². The van der Waals surface area contributed by atoms with E-state index in [-0.39, 0.29) is 11.7 Å². The van der Waals surface area contributed by atoms with E-state index in [1.807, 2.05) is 5.38 Å². The van der Waals surface area contributed by atoms with E-state index < -0.39 is 0 Å². The van der Waals surface area contributed by atoms with Crippen LogP contribution in [-0.2, 0) is 6.54 Å². The molecule has 1 amide bonds. The zero-order valence-corrected chi connectivity index (χ0v) is 18.2. The maximum atomic E-state index is 13.4. The van der Waals surface area contributed by atoms with Crippen molar-refractivity contribution in [1.82, 2.24) is 9.97 Å². The molecule has 0 atom stereocenters. The Bertz CT molecular complexity index is 930. The summed E-state index contributed by atoms with van der Waals surface area (Å²) in [4.78, 5) is 26.0. The number of thiazole rings is 1. The fourth-order valence-electron chi connectivity index (χ4n) is 3.14. The van der Waals surface area contributed by atoms with Crippen molar-refractivity contribution in [3.05, 3.63) is 71.2 Å². The maximum Gasteiger partial charge on any atom is 0.260 e. The van der Waals surface area contributed by atoms with Crippen LogP contribution in [0.25, 0.3) is 0 Å². The third kappa shape index (κ3) is 5.63. The molecule has 0 aliphatic heterocycles. The largest absolute Gasteiger partial charge is 0.348 e. The minimum absolute atomic E-state index is 0.194. The molecule has 2 aromatic heterocycles. The first kappa shape index (κ1) is 21.9. The monoisotopic (exact) mass is 426 g/mol. The Morgan fingerprint density at radius 3 is 2.57 bits per heavy atom. The summed E-state index contributed by atoms with van der Waals surface area (Å²) in [7, 11) is 0. The Morgan fingerprint density at radius 1 is 1.10 bits per heavy atom. The lowest BCUT2D eigenvalue weighted by molar-refractivity contribution is 0.0984. The van der Waals surface area contributed by atoms with Crippen LogP contribution < -0.4 is 9.80 Å². The van der Waals surface area contributed by atoms with Crippen molar-refractivity contribution in [1.29, 1.82) is 0 Å². The smallest absolute Gasteiger partial charge is 0.260 e. The summed E-state index contributed by atoms with van der Waals surface area (Å²) in [5.74, 6) is -0.532. The molecule has 0 saturated heterocycles. The molecule has 0 unspecified atom stereocenters. The number of rotatable bonds is 10. The summed E-state index contributed by atoms with van der Waals surface area (Å²) in [5, 5.41) is 2.98. The minimum Gasteiger partial charge on any atom is -0.348 e. The predicted molar refractivity (Wildman–Crippen MR) is 121 cm³/mol. The van der Waals surface area contributed by atoms with Crippen molar-refractivity contribution in [3.63, 3.8) is 0 Å². The second kappa shape index (κ2) is 10.8. The van der Waals surface area contributed by atoms with Crippen LogP contribution in [0.3, 0.4) is 0 Å². The van der Waals surface area contributed by atoms with Crippen LogP contribution in [0.2, 0.25) is 0 Å². The average Bonchev–Trinajstić information content (AvgIpc) is 3.24. The molecular weight excluding hydrogens is 399 g/mol. The summed E-state index contributed by atoms with van der Waals surface area (Å²) in [6.07, 6.45) is 6.48. The molecule has 3 aromatic rings. The van der Waals surface area contributed by atoms with Crippen LogP contribution in [0.4, 0.5) is 15.2 Å². The molecule has 0 fully saturated rings. The lowest BCUT2D eigenvalue weighted by Crippen LogP contribution is -2.31. The first-order chi connectivity index (χ1) is 14.6. The summed E-state index contributed by atoms with van der Waals surface area (Å²) >= 11 is 1.60. The topological polar surface area (TPSA) is 49.3 Å². The lowest BCUT2D eigenvalue weighted by atomic mass is 10.2. The summed E-state index contributed by atoms with van der Waals surface area (Å²) < 4.78 is 13.4. The second-order valence-electron chi connectivity index (χ2n) is 7.07. The Balaban J connectivity index is 1.85. The highest BCUT2D eigenvalue weighted by Crippen LogP contribution is 2.25. The molecular formula is C23H27FN4OS. The number of unbranched alkanes of at least 4 members (excludes halogenated alkanes) is 1. The van der Waals surface area contributed by atoms with Gasteiger partial charge in [0.2, 0.25) is 0 Å². The number of hydrogen-bond acceptors (Lipinski definition) is 5. The first-order valence-corrected chi connectivity index (χ1v) is 11.2. The molecule has 158 valence electrons. The number of hydrogen-bond donors (Lipinski definition) is 0. The van der Waals surface area contributed by atoms with Crippen molar-refractivity contribution < 1.29 is 9.18 Å². The van der Waals surface area contributed by atoms with Crippen molar-refractivity contribution >= 4 is 28.1 Å². The van der Waals surface area contributed by atoms with Gasteiger partial charge in [-0.15, -0.1) is 11.3 Å². The van der Waals surface area contributed by atoms with Gasteiger partial charge in [-0.05, 0) is 49.2 Å². The molecule has 0 saturated carbocycles. The Morgan fingerprint density at radius 2 is 1.90 bits per heavy atom.